The predicted molar refractivity (Wildman–Crippen MR) is 339 cm³/mol. The van der Waals surface area contributed by atoms with E-state index in [-0.39, 0.29) is 31.3 Å². The minimum absolute atomic E-state index is 0.0353. The number of nitrogens with one attached hydrogen (secondary N) is 1. The molecular formula is C69H125N2O7P. The number of phosphoric acid groups is 1. The molecule has 0 bridgehead atoms. The fourth-order valence-corrected chi connectivity index (χ4v) is 9.98. The van der Waals surface area contributed by atoms with E-state index in [1.54, 1.807) is 0 Å². The van der Waals surface area contributed by atoms with Crippen LogP contribution in [0.15, 0.2) is 85.1 Å². The quantitative estimate of drug-likeness (QED) is 0.0212. The molecule has 0 radical (unpaired) electrons. The maximum absolute atomic E-state index is 13.5. The third-order valence-electron chi connectivity index (χ3n) is 14.3. The number of likely N-dealkylation sites (N-methyl/N-ethyl adjacent to an activating group) is 1. The Hall–Kier alpha value is -2.81. The van der Waals surface area contributed by atoms with Crippen LogP contribution < -0.4 is 10.2 Å². The topological polar surface area (TPSA) is 114 Å². The second-order valence-electron chi connectivity index (χ2n) is 23.2. The zero-order valence-corrected chi connectivity index (χ0v) is 53.2. The van der Waals surface area contributed by atoms with Gasteiger partial charge in [0.1, 0.15) is 19.3 Å². The highest BCUT2D eigenvalue weighted by atomic mass is 31.2. The van der Waals surface area contributed by atoms with E-state index in [9.17, 15) is 19.0 Å². The van der Waals surface area contributed by atoms with Gasteiger partial charge in [-0.15, -0.1) is 0 Å². The summed E-state index contributed by atoms with van der Waals surface area (Å²) in [4.78, 5) is 40.0. The van der Waals surface area contributed by atoms with E-state index in [0.29, 0.717) is 17.4 Å². The Morgan fingerprint density at radius 2 is 0.823 bits per heavy atom. The van der Waals surface area contributed by atoms with E-state index < -0.39 is 26.6 Å². The van der Waals surface area contributed by atoms with Crippen LogP contribution in [0.25, 0.3) is 0 Å². The van der Waals surface area contributed by atoms with Crippen molar-refractivity contribution in [2.24, 2.45) is 0 Å². The zero-order valence-electron chi connectivity index (χ0n) is 52.3. The van der Waals surface area contributed by atoms with Gasteiger partial charge in [0.25, 0.3) is 7.82 Å². The lowest BCUT2D eigenvalue weighted by atomic mass is 10.0. The summed E-state index contributed by atoms with van der Waals surface area (Å²) in [5, 5.41) is 3.00. The Morgan fingerprint density at radius 3 is 1.25 bits per heavy atom. The lowest BCUT2D eigenvalue weighted by Gasteiger charge is -2.30. The minimum Gasteiger partial charge on any atom is -0.756 e. The fraction of sp³-hybridized carbons (Fsp3) is 0.768. The van der Waals surface area contributed by atoms with Gasteiger partial charge < -0.3 is 28.5 Å². The zero-order chi connectivity index (χ0) is 57.9. The first-order valence-corrected chi connectivity index (χ1v) is 34.4. The molecule has 0 saturated heterocycles. The van der Waals surface area contributed by atoms with Crippen molar-refractivity contribution < 1.29 is 37.3 Å². The molecule has 1 amide bonds. The minimum atomic E-state index is -4.72. The summed E-state index contributed by atoms with van der Waals surface area (Å²) in [7, 11) is 1.15. The molecule has 0 aromatic rings. The first-order valence-electron chi connectivity index (χ1n) is 32.9. The summed E-state index contributed by atoms with van der Waals surface area (Å²) in [6.07, 6.45) is 77.1. The SMILES string of the molecule is CC/C=C\C/C=C\C/C=C\C/C=C\C/C=C\CCCC(=O)NC(COP(=O)([O-])OCC[N+](C)(C)C)C(/C=C\CCCCCCCCCCCCC)OC(=O)CCCCCCCCCCCCCCC/C=C/CCCCCCCC. The van der Waals surface area contributed by atoms with Crippen LogP contribution in [-0.2, 0) is 27.9 Å². The Morgan fingerprint density at radius 1 is 0.456 bits per heavy atom. The fourth-order valence-electron chi connectivity index (χ4n) is 9.26. The molecule has 0 aromatic heterocycles. The third kappa shape index (κ3) is 59.6. The van der Waals surface area contributed by atoms with E-state index in [0.717, 1.165) is 77.0 Å². The molecule has 0 saturated carbocycles. The molecule has 0 aliphatic heterocycles. The first-order chi connectivity index (χ1) is 38.4. The molecule has 79 heavy (non-hydrogen) atoms. The Balaban J connectivity index is 5.25. The number of hydrogen-bond acceptors (Lipinski definition) is 7. The monoisotopic (exact) mass is 1120 g/mol. The summed E-state index contributed by atoms with van der Waals surface area (Å²) in [6.45, 7) is 6.70. The smallest absolute Gasteiger partial charge is 0.306 e. The molecule has 0 fully saturated rings. The van der Waals surface area contributed by atoms with Crippen LogP contribution in [0.4, 0.5) is 0 Å². The van der Waals surface area contributed by atoms with Crippen LogP contribution in [0.1, 0.15) is 290 Å². The van der Waals surface area contributed by atoms with Gasteiger partial charge >= 0.3 is 5.97 Å². The number of carbonyl (C=O) groups excluding carboxylic acids is 2. The van der Waals surface area contributed by atoms with Crippen molar-refractivity contribution in [3.63, 3.8) is 0 Å². The van der Waals surface area contributed by atoms with Gasteiger partial charge in [-0.1, -0.05) is 267 Å². The molecule has 3 atom stereocenters. The number of unbranched alkanes of at least 4 members (excludes halogenated alkanes) is 31. The number of rotatable bonds is 59. The standard InChI is InChI=1S/C69H125N2O7P/c1-7-10-13-16-19-22-25-28-30-32-33-34-35-36-37-39-41-44-47-50-53-56-59-62-69(73)78-67(60-57-54-51-48-45-42-27-24-21-18-15-12-9-3)66(65-77-79(74,75)76-64-63-71(4,5)6)70-68(72)61-58-55-52-49-46-43-40-38-31-29-26-23-20-17-14-11-8-2/h11,14,20,23,28-31,40,43,49,52,57,60,66-67H,7-10,12-13,15-19,21-22,24-27,32-39,41-42,44-48,50-51,53-56,58-59,61-65H2,1-6H3,(H-,70,72,74,75)/b14-11-,23-20-,30-28+,31-29-,43-40-,52-49-,60-57-. The molecule has 1 N–H and O–H groups in total. The van der Waals surface area contributed by atoms with E-state index in [4.69, 9.17) is 13.8 Å². The summed E-state index contributed by atoms with van der Waals surface area (Å²) in [6, 6.07) is -0.921. The Labute approximate surface area is 488 Å². The molecule has 0 heterocycles. The molecule has 0 aliphatic rings. The van der Waals surface area contributed by atoms with Crippen molar-refractivity contribution in [2.45, 2.75) is 303 Å². The largest absolute Gasteiger partial charge is 0.756 e. The Bertz CT molecular complexity index is 1630. The normalized spacial score (nSPS) is 14.2. The molecule has 0 aromatic carbocycles. The second kappa shape index (κ2) is 58.4. The molecular weight excluding hydrogens is 1000 g/mol. The van der Waals surface area contributed by atoms with Crippen molar-refractivity contribution in [1.82, 2.24) is 5.32 Å². The van der Waals surface area contributed by atoms with E-state index in [2.05, 4.69) is 99.0 Å². The predicted octanol–water partition coefficient (Wildman–Crippen LogP) is 19.9. The number of nitrogens with zero attached hydrogens (tertiary/aromatic N) is 1. The van der Waals surface area contributed by atoms with Gasteiger partial charge in [0.2, 0.25) is 5.91 Å². The van der Waals surface area contributed by atoms with Crippen LogP contribution in [0.3, 0.4) is 0 Å². The molecule has 0 rings (SSSR count). The molecule has 3 unspecified atom stereocenters. The van der Waals surface area contributed by atoms with Crippen LogP contribution in [0.2, 0.25) is 0 Å². The van der Waals surface area contributed by atoms with Gasteiger partial charge in [0, 0.05) is 12.8 Å². The second-order valence-corrected chi connectivity index (χ2v) is 24.6. The number of amides is 1. The van der Waals surface area contributed by atoms with Crippen molar-refractivity contribution in [3.8, 4) is 0 Å². The highest BCUT2D eigenvalue weighted by Crippen LogP contribution is 2.38. The highest BCUT2D eigenvalue weighted by Gasteiger charge is 2.27. The van der Waals surface area contributed by atoms with E-state index in [1.807, 2.05) is 33.3 Å². The number of ether oxygens (including phenoxy) is 1. The number of phosphoric ester groups is 1. The summed E-state index contributed by atoms with van der Waals surface area (Å²) >= 11 is 0. The van der Waals surface area contributed by atoms with Crippen LogP contribution in [0.5, 0.6) is 0 Å². The van der Waals surface area contributed by atoms with Crippen molar-refractivity contribution in [1.29, 1.82) is 0 Å². The van der Waals surface area contributed by atoms with Crippen molar-refractivity contribution in [2.75, 3.05) is 40.9 Å². The van der Waals surface area contributed by atoms with Crippen molar-refractivity contribution in [3.05, 3.63) is 85.1 Å². The maximum Gasteiger partial charge on any atom is 0.306 e. The first kappa shape index (κ1) is 76.2. The molecule has 10 heteroatoms. The van der Waals surface area contributed by atoms with Crippen LogP contribution in [0, 0.1) is 0 Å². The maximum atomic E-state index is 13.5. The molecule has 9 nitrogen and oxygen atoms in total. The van der Waals surface area contributed by atoms with Crippen LogP contribution in [-0.4, -0.2) is 69.4 Å². The van der Waals surface area contributed by atoms with Crippen LogP contribution >= 0.6 is 7.82 Å². The number of allylic oxidation sites excluding steroid dienone is 13. The van der Waals surface area contributed by atoms with Gasteiger partial charge in [-0.2, -0.15) is 0 Å². The summed E-state index contributed by atoms with van der Waals surface area (Å²) in [5.41, 5.74) is 0. The van der Waals surface area contributed by atoms with Gasteiger partial charge in [-0.25, -0.2) is 0 Å². The average Bonchev–Trinajstić information content (AvgIpc) is 3.41. The summed E-state index contributed by atoms with van der Waals surface area (Å²) < 4.78 is 30.3. The van der Waals surface area contributed by atoms with Gasteiger partial charge in [0.05, 0.1) is 33.8 Å². The average molecular weight is 1130 g/mol. The van der Waals surface area contributed by atoms with Crippen molar-refractivity contribution >= 4 is 19.7 Å². The van der Waals surface area contributed by atoms with Gasteiger partial charge in [-0.05, 0) is 96.0 Å². The number of carbonyl (C=O) groups is 2. The molecule has 0 aliphatic carbocycles. The number of quaternary nitrogens is 1. The molecule has 458 valence electrons. The Kier molecular flexibility index (Phi) is 56.3. The number of hydrogen-bond donors (Lipinski definition) is 1. The van der Waals surface area contributed by atoms with Gasteiger partial charge in [-0.3, -0.25) is 14.2 Å². The van der Waals surface area contributed by atoms with E-state index >= 15 is 0 Å². The third-order valence-corrected chi connectivity index (χ3v) is 15.3. The highest BCUT2D eigenvalue weighted by molar-refractivity contribution is 7.45. The molecule has 0 spiro atoms. The lowest BCUT2D eigenvalue weighted by molar-refractivity contribution is -0.870. The van der Waals surface area contributed by atoms with Gasteiger partial charge in [0.15, 0.2) is 0 Å². The number of esters is 1. The lowest BCUT2D eigenvalue weighted by Crippen LogP contribution is -2.47. The summed E-state index contributed by atoms with van der Waals surface area (Å²) in [5.74, 6) is -0.605. The van der Waals surface area contributed by atoms with E-state index in [1.165, 1.54) is 173 Å².